The first-order valence-electron chi connectivity index (χ1n) is 9.55. The molecule has 2 aromatic carbocycles. The summed E-state index contributed by atoms with van der Waals surface area (Å²) in [5.74, 6) is -1.68. The minimum Gasteiger partial charge on any atom is -0.497 e. The molecule has 3 rings (SSSR count). The van der Waals surface area contributed by atoms with Crippen molar-refractivity contribution in [1.82, 2.24) is 0 Å². The highest BCUT2D eigenvalue weighted by Crippen LogP contribution is 2.36. The minimum absolute atomic E-state index is 0.00331. The highest BCUT2D eigenvalue weighted by molar-refractivity contribution is 6.01. The number of rotatable bonds is 8. The second-order valence-electron chi connectivity index (χ2n) is 6.91. The zero-order valence-corrected chi connectivity index (χ0v) is 17.4. The lowest BCUT2D eigenvalue weighted by Gasteiger charge is -2.19. The van der Waals surface area contributed by atoms with E-state index in [9.17, 15) is 24.5 Å². The van der Waals surface area contributed by atoms with E-state index in [1.165, 1.54) is 37.3 Å². The number of nitrogens with zero attached hydrogens (tertiary/aromatic N) is 2. The van der Waals surface area contributed by atoms with Gasteiger partial charge in [0.1, 0.15) is 11.5 Å². The third-order valence-corrected chi connectivity index (χ3v) is 4.82. The Labute approximate surface area is 183 Å². The number of hydrogen-bond acceptors (Lipinski definition) is 8. The summed E-state index contributed by atoms with van der Waals surface area (Å²) in [6.07, 6.45) is -0.115. The number of methoxy groups -OCH3 is 2. The van der Waals surface area contributed by atoms with Crippen molar-refractivity contribution in [2.45, 2.75) is 6.42 Å². The van der Waals surface area contributed by atoms with Gasteiger partial charge < -0.3 is 24.4 Å². The minimum atomic E-state index is -0.785. The number of hydrogen-bond donors (Lipinski definition) is 1. The molecule has 0 saturated carbocycles. The summed E-state index contributed by atoms with van der Waals surface area (Å²) in [4.78, 5) is 48.6. The number of non-ortho nitro benzene ring substituents is 1. The highest BCUT2D eigenvalue weighted by atomic mass is 16.6. The Hall–Kier alpha value is -4.15. The Morgan fingerprint density at radius 3 is 2.66 bits per heavy atom. The van der Waals surface area contributed by atoms with Gasteiger partial charge in [-0.25, -0.2) is 0 Å². The average Bonchev–Trinajstić information content (AvgIpc) is 3.18. The third kappa shape index (κ3) is 5.12. The van der Waals surface area contributed by atoms with Crippen molar-refractivity contribution in [3.8, 4) is 11.5 Å². The van der Waals surface area contributed by atoms with Crippen LogP contribution < -0.4 is 19.7 Å². The van der Waals surface area contributed by atoms with Crippen molar-refractivity contribution in [2.24, 2.45) is 5.92 Å². The molecule has 1 atom stereocenters. The molecule has 2 aromatic rings. The average molecular weight is 443 g/mol. The highest BCUT2D eigenvalue weighted by Gasteiger charge is 2.37. The summed E-state index contributed by atoms with van der Waals surface area (Å²) in [5, 5.41) is 13.5. The number of amides is 2. The molecule has 1 fully saturated rings. The van der Waals surface area contributed by atoms with E-state index in [2.05, 4.69) is 5.32 Å². The molecule has 0 bridgehead atoms. The molecular weight excluding hydrogens is 422 g/mol. The summed E-state index contributed by atoms with van der Waals surface area (Å²) in [6, 6.07) is 10.5. The quantitative estimate of drug-likeness (QED) is 0.372. The van der Waals surface area contributed by atoms with Crippen LogP contribution in [0.1, 0.15) is 6.42 Å². The first-order chi connectivity index (χ1) is 15.3. The molecule has 0 radical (unpaired) electrons. The van der Waals surface area contributed by atoms with Gasteiger partial charge in [0, 0.05) is 30.8 Å². The standard InChI is InChI=1S/C21H21N3O8/c1-30-16-5-3-4-14(9-16)22-19(25)12-32-21(27)13-8-20(26)23(11-13)17-7-6-15(24(28)29)10-18(17)31-2/h3-7,9-10,13H,8,11-12H2,1-2H3,(H,22,25)/t13-/m0/s1. The van der Waals surface area contributed by atoms with E-state index < -0.39 is 29.3 Å². The van der Waals surface area contributed by atoms with Crippen LogP contribution in [0.4, 0.5) is 17.1 Å². The number of benzene rings is 2. The number of nitrogens with one attached hydrogen (secondary N) is 1. The fourth-order valence-corrected chi connectivity index (χ4v) is 3.25. The maximum absolute atomic E-state index is 12.5. The van der Waals surface area contributed by atoms with Gasteiger partial charge in [-0.15, -0.1) is 0 Å². The van der Waals surface area contributed by atoms with Crippen molar-refractivity contribution in [3.63, 3.8) is 0 Å². The van der Waals surface area contributed by atoms with E-state index in [0.717, 1.165) is 0 Å². The van der Waals surface area contributed by atoms with Crippen LogP contribution >= 0.6 is 0 Å². The SMILES string of the molecule is COc1cccc(NC(=O)COC(=O)[C@H]2CC(=O)N(c3ccc([N+](=O)[O-])cc3OC)C2)c1. The van der Waals surface area contributed by atoms with E-state index in [4.69, 9.17) is 14.2 Å². The lowest BCUT2D eigenvalue weighted by Crippen LogP contribution is -2.28. The van der Waals surface area contributed by atoms with Gasteiger partial charge in [0.2, 0.25) is 5.91 Å². The van der Waals surface area contributed by atoms with Crippen LogP contribution in [0.2, 0.25) is 0 Å². The van der Waals surface area contributed by atoms with Gasteiger partial charge >= 0.3 is 5.97 Å². The predicted octanol–water partition coefficient (Wildman–Crippen LogP) is 2.15. The molecule has 1 heterocycles. The van der Waals surface area contributed by atoms with Gasteiger partial charge in [0.05, 0.1) is 36.8 Å². The van der Waals surface area contributed by atoms with Gasteiger partial charge in [-0.2, -0.15) is 0 Å². The third-order valence-electron chi connectivity index (χ3n) is 4.82. The number of ether oxygens (including phenoxy) is 3. The van der Waals surface area contributed by atoms with E-state index in [0.29, 0.717) is 17.1 Å². The molecule has 32 heavy (non-hydrogen) atoms. The number of esters is 1. The number of carbonyl (C=O) groups excluding carboxylic acids is 3. The Bertz CT molecular complexity index is 1060. The molecule has 2 amide bonds. The monoisotopic (exact) mass is 443 g/mol. The molecule has 11 heteroatoms. The summed E-state index contributed by atoms with van der Waals surface area (Å²) < 4.78 is 15.3. The van der Waals surface area contributed by atoms with Crippen molar-refractivity contribution >= 4 is 34.8 Å². The fourth-order valence-electron chi connectivity index (χ4n) is 3.25. The van der Waals surface area contributed by atoms with E-state index in [-0.39, 0.29) is 30.3 Å². The Balaban J connectivity index is 1.59. The van der Waals surface area contributed by atoms with E-state index in [1.54, 1.807) is 24.3 Å². The van der Waals surface area contributed by atoms with E-state index in [1.807, 2.05) is 0 Å². The van der Waals surface area contributed by atoms with Crippen molar-refractivity contribution in [1.29, 1.82) is 0 Å². The molecule has 1 saturated heterocycles. The summed E-state index contributed by atoms with van der Waals surface area (Å²) in [5.41, 5.74) is 0.613. The van der Waals surface area contributed by atoms with Crippen LogP contribution in [-0.4, -0.2) is 50.1 Å². The molecule has 0 unspecified atom stereocenters. The van der Waals surface area contributed by atoms with Crippen LogP contribution in [0.15, 0.2) is 42.5 Å². The second kappa shape index (κ2) is 9.77. The molecule has 0 spiro atoms. The normalized spacial score (nSPS) is 15.2. The number of nitro benzene ring substituents is 1. The van der Waals surface area contributed by atoms with Gasteiger partial charge in [0.15, 0.2) is 6.61 Å². The summed E-state index contributed by atoms with van der Waals surface area (Å²) in [6.45, 7) is -0.509. The number of anilines is 2. The van der Waals surface area contributed by atoms with Crippen molar-refractivity contribution in [2.75, 3.05) is 37.6 Å². The van der Waals surface area contributed by atoms with Crippen LogP contribution in [0.25, 0.3) is 0 Å². The van der Waals surface area contributed by atoms with Crippen LogP contribution in [-0.2, 0) is 19.1 Å². The maximum atomic E-state index is 12.5. The topological polar surface area (TPSA) is 137 Å². The zero-order chi connectivity index (χ0) is 23.3. The van der Waals surface area contributed by atoms with Gasteiger partial charge in [-0.3, -0.25) is 24.5 Å². The molecule has 11 nitrogen and oxygen atoms in total. The lowest BCUT2D eigenvalue weighted by atomic mass is 10.1. The van der Waals surface area contributed by atoms with Crippen LogP contribution in [0, 0.1) is 16.0 Å². The Morgan fingerprint density at radius 2 is 1.97 bits per heavy atom. The molecular formula is C21H21N3O8. The smallest absolute Gasteiger partial charge is 0.311 e. The first kappa shape index (κ1) is 22.5. The number of nitro groups is 1. The summed E-state index contributed by atoms with van der Waals surface area (Å²) in [7, 11) is 2.83. The van der Waals surface area contributed by atoms with Gasteiger partial charge in [-0.05, 0) is 18.2 Å². The van der Waals surface area contributed by atoms with Gasteiger partial charge in [-0.1, -0.05) is 6.07 Å². The predicted molar refractivity (Wildman–Crippen MR) is 113 cm³/mol. The Morgan fingerprint density at radius 1 is 1.19 bits per heavy atom. The molecule has 1 N–H and O–H groups in total. The molecule has 1 aliphatic rings. The lowest BCUT2D eigenvalue weighted by molar-refractivity contribution is -0.384. The summed E-state index contributed by atoms with van der Waals surface area (Å²) >= 11 is 0. The van der Waals surface area contributed by atoms with Crippen LogP contribution in [0.3, 0.4) is 0 Å². The molecule has 0 aromatic heterocycles. The zero-order valence-electron chi connectivity index (χ0n) is 17.4. The molecule has 168 valence electrons. The van der Waals surface area contributed by atoms with Crippen molar-refractivity contribution < 1.29 is 33.5 Å². The largest absolute Gasteiger partial charge is 0.497 e. The first-order valence-corrected chi connectivity index (χ1v) is 9.55. The van der Waals surface area contributed by atoms with Crippen molar-refractivity contribution in [3.05, 3.63) is 52.6 Å². The fraction of sp³-hybridized carbons (Fsp3) is 0.286. The molecule has 1 aliphatic heterocycles. The van der Waals surface area contributed by atoms with Crippen LogP contribution in [0.5, 0.6) is 11.5 Å². The Kier molecular flexibility index (Phi) is 6.88. The number of carbonyl (C=O) groups is 3. The van der Waals surface area contributed by atoms with E-state index >= 15 is 0 Å². The molecule has 0 aliphatic carbocycles. The second-order valence-corrected chi connectivity index (χ2v) is 6.91. The van der Waals surface area contributed by atoms with Gasteiger partial charge in [0.25, 0.3) is 11.6 Å². The maximum Gasteiger partial charge on any atom is 0.311 e.